The minimum atomic E-state index is -0.414. The lowest BCUT2D eigenvalue weighted by Gasteiger charge is -2.30. The van der Waals surface area contributed by atoms with Crippen LogP contribution in [0, 0.1) is 12.8 Å². The van der Waals surface area contributed by atoms with Crippen LogP contribution in [0.1, 0.15) is 43.0 Å². The van der Waals surface area contributed by atoms with Crippen LogP contribution in [0.25, 0.3) is 11.0 Å². The standard InChI is InChI=1S/C24H29N3O4S/c1-15-5-4-10-27(12-15)13-17-14-32-24(25-17)26-22(28)9-8-20-16(2)19-7-6-18(30-3)11-21(19)31-23(20)29/h6-7,11,14-15H,4-5,8-10,12-13H2,1-3H3,(H,25,26,28). The number of hydrogen-bond donors (Lipinski definition) is 1. The zero-order chi connectivity index (χ0) is 22.7. The number of carbonyl (C=O) groups is 1. The number of thiazole rings is 1. The number of likely N-dealkylation sites (tertiary alicyclic amines) is 1. The third kappa shape index (κ3) is 5.19. The highest BCUT2D eigenvalue weighted by atomic mass is 32.1. The number of anilines is 1. The number of carbonyl (C=O) groups excluding carboxylic acids is 1. The van der Waals surface area contributed by atoms with Crippen LogP contribution >= 0.6 is 11.3 Å². The third-order valence-electron chi connectivity index (χ3n) is 6.02. The van der Waals surface area contributed by atoms with E-state index in [1.54, 1.807) is 13.2 Å². The molecule has 1 atom stereocenters. The predicted molar refractivity (Wildman–Crippen MR) is 127 cm³/mol. The van der Waals surface area contributed by atoms with E-state index in [0.717, 1.165) is 42.2 Å². The Labute approximate surface area is 191 Å². The van der Waals surface area contributed by atoms with E-state index in [1.807, 2.05) is 24.4 Å². The molecule has 170 valence electrons. The number of benzene rings is 1. The molecule has 0 saturated carbocycles. The Morgan fingerprint density at radius 1 is 1.41 bits per heavy atom. The average Bonchev–Trinajstić information content (AvgIpc) is 3.19. The minimum Gasteiger partial charge on any atom is -0.497 e. The molecule has 3 aromatic rings. The molecular formula is C24H29N3O4S. The van der Waals surface area contributed by atoms with Crippen molar-refractivity contribution >= 4 is 33.3 Å². The number of fused-ring (bicyclic) bond motifs is 1. The number of nitrogens with one attached hydrogen (secondary N) is 1. The van der Waals surface area contributed by atoms with Gasteiger partial charge < -0.3 is 14.5 Å². The molecule has 0 spiro atoms. The van der Waals surface area contributed by atoms with Crippen LogP contribution < -0.4 is 15.7 Å². The smallest absolute Gasteiger partial charge is 0.339 e. The number of amides is 1. The van der Waals surface area contributed by atoms with Gasteiger partial charge in [0.1, 0.15) is 11.3 Å². The summed E-state index contributed by atoms with van der Waals surface area (Å²) in [4.78, 5) is 32.0. The van der Waals surface area contributed by atoms with Crippen LogP contribution in [0.15, 0.2) is 32.8 Å². The average molecular weight is 456 g/mol. The van der Waals surface area contributed by atoms with Crippen molar-refractivity contribution in [1.82, 2.24) is 9.88 Å². The lowest BCUT2D eigenvalue weighted by molar-refractivity contribution is -0.116. The minimum absolute atomic E-state index is 0.161. The fourth-order valence-corrected chi connectivity index (χ4v) is 5.02. The third-order valence-corrected chi connectivity index (χ3v) is 6.83. The van der Waals surface area contributed by atoms with Gasteiger partial charge in [-0.2, -0.15) is 0 Å². The second-order valence-electron chi connectivity index (χ2n) is 8.53. The Kier molecular flexibility index (Phi) is 6.91. The Morgan fingerprint density at radius 3 is 3.03 bits per heavy atom. The zero-order valence-electron chi connectivity index (χ0n) is 18.8. The van der Waals surface area contributed by atoms with Gasteiger partial charge in [-0.25, -0.2) is 9.78 Å². The van der Waals surface area contributed by atoms with Gasteiger partial charge in [-0.05, 0) is 56.3 Å². The van der Waals surface area contributed by atoms with Crippen LogP contribution in [-0.2, 0) is 17.8 Å². The van der Waals surface area contributed by atoms with Gasteiger partial charge in [-0.15, -0.1) is 11.3 Å². The Balaban J connectivity index is 1.36. The molecule has 1 aliphatic rings. The number of methoxy groups -OCH3 is 1. The highest BCUT2D eigenvalue weighted by Gasteiger charge is 2.18. The summed E-state index contributed by atoms with van der Waals surface area (Å²) >= 11 is 1.44. The van der Waals surface area contributed by atoms with Crippen LogP contribution in [-0.4, -0.2) is 36.0 Å². The van der Waals surface area contributed by atoms with E-state index in [9.17, 15) is 9.59 Å². The first-order valence-corrected chi connectivity index (χ1v) is 11.9. The summed E-state index contributed by atoms with van der Waals surface area (Å²) in [5.74, 6) is 1.19. The summed E-state index contributed by atoms with van der Waals surface area (Å²) in [6, 6.07) is 5.40. The molecule has 32 heavy (non-hydrogen) atoms. The lowest BCUT2D eigenvalue weighted by atomic mass is 10.0. The van der Waals surface area contributed by atoms with Gasteiger partial charge in [0, 0.05) is 41.9 Å². The van der Waals surface area contributed by atoms with Gasteiger partial charge in [0.25, 0.3) is 0 Å². The van der Waals surface area contributed by atoms with Crippen molar-refractivity contribution in [3.63, 3.8) is 0 Å². The molecule has 1 unspecified atom stereocenters. The number of aromatic nitrogens is 1. The number of rotatable bonds is 7. The summed E-state index contributed by atoms with van der Waals surface area (Å²) in [5.41, 5.74) is 2.42. The van der Waals surface area contributed by atoms with E-state index in [2.05, 4.69) is 22.1 Å². The summed E-state index contributed by atoms with van der Waals surface area (Å²) < 4.78 is 10.7. The topological polar surface area (TPSA) is 84.7 Å². The van der Waals surface area contributed by atoms with Gasteiger partial charge in [-0.1, -0.05) is 6.92 Å². The van der Waals surface area contributed by atoms with E-state index >= 15 is 0 Å². The molecule has 1 aromatic carbocycles. The molecule has 0 aliphatic carbocycles. The van der Waals surface area contributed by atoms with E-state index < -0.39 is 5.63 Å². The number of aryl methyl sites for hydroxylation is 1. The molecule has 4 rings (SSSR count). The van der Waals surface area contributed by atoms with Crippen molar-refractivity contribution in [2.75, 3.05) is 25.5 Å². The molecule has 7 nitrogen and oxygen atoms in total. The van der Waals surface area contributed by atoms with E-state index in [4.69, 9.17) is 9.15 Å². The van der Waals surface area contributed by atoms with Crippen LogP contribution in [0.2, 0.25) is 0 Å². The molecule has 2 aromatic heterocycles. The maximum Gasteiger partial charge on any atom is 0.339 e. The number of hydrogen-bond acceptors (Lipinski definition) is 7. The summed E-state index contributed by atoms with van der Waals surface area (Å²) in [5, 5.41) is 6.32. The second kappa shape index (κ2) is 9.83. The van der Waals surface area contributed by atoms with Gasteiger partial charge in [0.05, 0.1) is 12.8 Å². The molecule has 1 amide bonds. The van der Waals surface area contributed by atoms with Gasteiger partial charge in [0.15, 0.2) is 5.13 Å². The molecule has 1 saturated heterocycles. The summed E-state index contributed by atoms with van der Waals surface area (Å²) in [6.07, 6.45) is 3.01. The predicted octanol–water partition coefficient (Wildman–Crippen LogP) is 4.37. The van der Waals surface area contributed by atoms with Crippen LogP contribution in [0.3, 0.4) is 0 Å². The van der Waals surface area contributed by atoms with E-state index in [1.165, 1.54) is 24.2 Å². The monoisotopic (exact) mass is 455 g/mol. The van der Waals surface area contributed by atoms with Gasteiger partial charge in [0.2, 0.25) is 5.91 Å². The molecule has 1 N–H and O–H groups in total. The molecule has 3 heterocycles. The lowest BCUT2D eigenvalue weighted by Crippen LogP contribution is -2.33. The number of ether oxygens (including phenoxy) is 1. The van der Waals surface area contributed by atoms with Crippen molar-refractivity contribution < 1.29 is 13.9 Å². The SMILES string of the molecule is COc1ccc2c(C)c(CCC(=O)Nc3nc(CN4CCCC(C)C4)cs3)c(=O)oc2c1. The first kappa shape index (κ1) is 22.5. The first-order valence-electron chi connectivity index (χ1n) is 11.0. The molecule has 0 radical (unpaired) electrons. The quantitative estimate of drug-likeness (QED) is 0.533. The van der Waals surface area contributed by atoms with Crippen molar-refractivity contribution in [2.45, 2.75) is 46.1 Å². The second-order valence-corrected chi connectivity index (χ2v) is 9.39. The van der Waals surface area contributed by atoms with Gasteiger partial charge >= 0.3 is 5.63 Å². The number of nitrogens with zero attached hydrogens (tertiary/aromatic N) is 2. The summed E-state index contributed by atoms with van der Waals surface area (Å²) in [7, 11) is 1.57. The van der Waals surface area contributed by atoms with E-state index in [-0.39, 0.29) is 12.3 Å². The van der Waals surface area contributed by atoms with Crippen molar-refractivity contribution in [3.8, 4) is 5.75 Å². The molecular weight excluding hydrogens is 426 g/mol. The Morgan fingerprint density at radius 2 is 2.25 bits per heavy atom. The Hall–Kier alpha value is -2.71. The molecule has 1 fully saturated rings. The fraction of sp³-hybridized carbons (Fsp3) is 0.458. The van der Waals surface area contributed by atoms with Crippen LogP contribution in [0.5, 0.6) is 5.75 Å². The first-order chi connectivity index (χ1) is 15.4. The normalized spacial score (nSPS) is 16.9. The highest BCUT2D eigenvalue weighted by molar-refractivity contribution is 7.13. The summed E-state index contributed by atoms with van der Waals surface area (Å²) in [6.45, 7) is 7.18. The molecule has 0 bridgehead atoms. The van der Waals surface area contributed by atoms with Crippen molar-refractivity contribution in [3.05, 3.63) is 50.8 Å². The van der Waals surface area contributed by atoms with E-state index in [0.29, 0.717) is 28.4 Å². The van der Waals surface area contributed by atoms with Crippen LogP contribution in [0.4, 0.5) is 5.13 Å². The van der Waals surface area contributed by atoms with Crippen molar-refractivity contribution in [2.24, 2.45) is 5.92 Å². The Bertz CT molecular complexity index is 1170. The van der Waals surface area contributed by atoms with Gasteiger partial charge in [-0.3, -0.25) is 9.69 Å². The molecule has 1 aliphatic heterocycles. The highest BCUT2D eigenvalue weighted by Crippen LogP contribution is 2.25. The number of piperidine rings is 1. The maximum absolute atomic E-state index is 12.5. The molecule has 8 heteroatoms. The zero-order valence-corrected chi connectivity index (χ0v) is 19.6. The maximum atomic E-state index is 12.5. The largest absolute Gasteiger partial charge is 0.497 e. The van der Waals surface area contributed by atoms with Crippen molar-refractivity contribution in [1.29, 1.82) is 0 Å². The fourth-order valence-electron chi connectivity index (χ4n) is 4.31.